The van der Waals surface area contributed by atoms with E-state index in [4.69, 9.17) is 9.84 Å². The maximum atomic E-state index is 10.5. The number of carboxylic acids is 1. The van der Waals surface area contributed by atoms with Gasteiger partial charge in [0.1, 0.15) is 0 Å². The van der Waals surface area contributed by atoms with Gasteiger partial charge in [0, 0.05) is 12.0 Å². The molecule has 0 atom stereocenters. The Morgan fingerprint density at radius 1 is 1.69 bits per heavy atom. The molecule has 1 aromatic heterocycles. The maximum Gasteiger partial charge on any atom is 0.308 e. The van der Waals surface area contributed by atoms with Crippen LogP contribution in [0.2, 0.25) is 0 Å². The van der Waals surface area contributed by atoms with Crippen LogP contribution < -0.4 is 0 Å². The van der Waals surface area contributed by atoms with Crippen molar-refractivity contribution in [3.63, 3.8) is 0 Å². The fourth-order valence-electron chi connectivity index (χ4n) is 1.04. The summed E-state index contributed by atoms with van der Waals surface area (Å²) in [5.41, 5.74) is 0.743. The summed E-state index contributed by atoms with van der Waals surface area (Å²) in [4.78, 5) is 15.4. The van der Waals surface area contributed by atoms with E-state index in [-0.39, 0.29) is 6.42 Å². The molecule has 0 aliphatic heterocycles. The minimum absolute atomic E-state index is 0.0319. The Kier molecular flexibility index (Phi) is 3.39. The molecule has 0 aliphatic carbocycles. The van der Waals surface area contributed by atoms with E-state index in [2.05, 4.69) is 4.98 Å². The Labute approximate surface area is 80.2 Å². The van der Waals surface area contributed by atoms with Crippen molar-refractivity contribution in [3.8, 4) is 0 Å². The second-order valence-corrected chi connectivity index (χ2v) is 3.89. The molecular weight excluding hydrogens is 190 g/mol. The highest BCUT2D eigenvalue weighted by molar-refractivity contribution is 7.11. The molecule has 0 amide bonds. The number of nitrogens with zero attached hydrogens (tertiary/aromatic N) is 1. The van der Waals surface area contributed by atoms with Gasteiger partial charge in [-0.05, 0) is 6.92 Å². The van der Waals surface area contributed by atoms with Gasteiger partial charge >= 0.3 is 5.97 Å². The van der Waals surface area contributed by atoms with E-state index >= 15 is 0 Å². The van der Waals surface area contributed by atoms with Crippen molar-refractivity contribution < 1.29 is 14.6 Å². The predicted octanol–water partition coefficient (Wildman–Crippen LogP) is 1.23. The number of thiazole rings is 1. The summed E-state index contributed by atoms with van der Waals surface area (Å²) in [5.74, 6) is -0.832. The van der Waals surface area contributed by atoms with Crippen LogP contribution in [0.25, 0.3) is 0 Å². The molecular formula is C8H11NO3S. The van der Waals surface area contributed by atoms with Crippen molar-refractivity contribution >= 4 is 17.3 Å². The first-order chi connectivity index (χ1) is 6.13. The maximum absolute atomic E-state index is 10.5. The third-order valence-corrected chi connectivity index (χ3v) is 2.49. The summed E-state index contributed by atoms with van der Waals surface area (Å²) in [6.45, 7) is 2.24. The molecule has 0 saturated heterocycles. The molecule has 0 bridgehead atoms. The first kappa shape index (κ1) is 10.1. The largest absolute Gasteiger partial charge is 0.481 e. The monoisotopic (exact) mass is 201 g/mol. The van der Waals surface area contributed by atoms with Crippen LogP contribution in [0.15, 0.2) is 0 Å². The number of aromatic nitrogens is 1. The molecule has 72 valence electrons. The van der Waals surface area contributed by atoms with Crippen LogP contribution in [-0.2, 0) is 22.6 Å². The highest BCUT2D eigenvalue weighted by atomic mass is 32.1. The number of hydrogen-bond acceptors (Lipinski definition) is 4. The Morgan fingerprint density at radius 2 is 2.38 bits per heavy atom. The summed E-state index contributed by atoms with van der Waals surface area (Å²) in [5, 5.41) is 9.48. The topological polar surface area (TPSA) is 59.4 Å². The normalized spacial score (nSPS) is 10.3. The van der Waals surface area contributed by atoms with Crippen molar-refractivity contribution in [1.29, 1.82) is 0 Å². The molecule has 1 heterocycles. The van der Waals surface area contributed by atoms with Gasteiger partial charge in [0.2, 0.25) is 0 Å². The summed E-state index contributed by atoms with van der Waals surface area (Å²) in [7, 11) is 1.57. The smallest absolute Gasteiger partial charge is 0.308 e. The van der Waals surface area contributed by atoms with Crippen LogP contribution in [0.1, 0.15) is 15.6 Å². The average Bonchev–Trinajstić information content (AvgIpc) is 2.31. The number of ether oxygens (including phenoxy) is 1. The van der Waals surface area contributed by atoms with Crippen molar-refractivity contribution in [3.05, 3.63) is 15.6 Å². The lowest BCUT2D eigenvalue weighted by atomic mass is 10.3. The van der Waals surface area contributed by atoms with Crippen molar-refractivity contribution in [1.82, 2.24) is 4.98 Å². The van der Waals surface area contributed by atoms with E-state index in [1.807, 2.05) is 6.92 Å². The van der Waals surface area contributed by atoms with Crippen LogP contribution in [0.4, 0.5) is 0 Å². The zero-order valence-corrected chi connectivity index (χ0v) is 8.35. The fourth-order valence-corrected chi connectivity index (χ4v) is 1.97. The minimum atomic E-state index is -0.832. The van der Waals surface area contributed by atoms with Crippen molar-refractivity contribution in [2.24, 2.45) is 0 Å². The Morgan fingerprint density at radius 3 is 2.92 bits per heavy atom. The van der Waals surface area contributed by atoms with Gasteiger partial charge in [-0.2, -0.15) is 0 Å². The lowest BCUT2D eigenvalue weighted by molar-refractivity contribution is -0.136. The van der Waals surface area contributed by atoms with Gasteiger partial charge < -0.3 is 9.84 Å². The molecule has 0 radical (unpaired) electrons. The Hall–Kier alpha value is -0.940. The van der Waals surface area contributed by atoms with Gasteiger partial charge in [0.05, 0.1) is 23.7 Å². The van der Waals surface area contributed by atoms with Crippen LogP contribution in [0, 0.1) is 6.92 Å². The molecule has 1 N–H and O–H groups in total. The van der Waals surface area contributed by atoms with Crippen LogP contribution in [0.5, 0.6) is 0 Å². The standard InChI is InChI=1S/C8H11NO3S/c1-5-9-6(4-12-2)7(13-5)3-8(10)11/h3-4H2,1-2H3,(H,10,11). The molecule has 1 aromatic rings. The number of carboxylic acid groups (broad SMARTS) is 1. The molecule has 0 unspecified atom stereocenters. The SMILES string of the molecule is COCc1nc(C)sc1CC(=O)O. The predicted molar refractivity (Wildman–Crippen MR) is 48.9 cm³/mol. The molecule has 0 spiro atoms. The zero-order chi connectivity index (χ0) is 9.84. The number of rotatable bonds is 4. The number of aryl methyl sites for hydroxylation is 1. The zero-order valence-electron chi connectivity index (χ0n) is 7.53. The Bertz CT molecular complexity index is 308. The lowest BCUT2D eigenvalue weighted by Crippen LogP contribution is -2.01. The van der Waals surface area contributed by atoms with Crippen molar-refractivity contribution in [2.45, 2.75) is 20.0 Å². The van der Waals surface area contributed by atoms with Gasteiger partial charge in [0.15, 0.2) is 0 Å². The highest BCUT2D eigenvalue weighted by Crippen LogP contribution is 2.19. The molecule has 1 rings (SSSR count). The average molecular weight is 201 g/mol. The van der Waals surface area contributed by atoms with Gasteiger partial charge in [-0.3, -0.25) is 4.79 Å². The minimum Gasteiger partial charge on any atom is -0.481 e. The molecule has 0 aromatic carbocycles. The molecule has 4 nitrogen and oxygen atoms in total. The Balaban J connectivity index is 2.83. The molecule has 5 heteroatoms. The van der Waals surface area contributed by atoms with Crippen LogP contribution in [-0.4, -0.2) is 23.2 Å². The van der Waals surface area contributed by atoms with Crippen LogP contribution >= 0.6 is 11.3 Å². The lowest BCUT2D eigenvalue weighted by Gasteiger charge is -1.96. The first-order valence-corrected chi connectivity index (χ1v) is 4.61. The van der Waals surface area contributed by atoms with Gasteiger partial charge in [-0.1, -0.05) is 0 Å². The quantitative estimate of drug-likeness (QED) is 0.795. The number of methoxy groups -OCH3 is 1. The molecule has 0 fully saturated rings. The molecule has 0 aliphatic rings. The number of aliphatic carboxylic acids is 1. The third-order valence-electron chi connectivity index (χ3n) is 1.48. The number of carbonyl (C=O) groups is 1. The highest BCUT2D eigenvalue weighted by Gasteiger charge is 2.11. The second kappa shape index (κ2) is 4.34. The van der Waals surface area contributed by atoms with E-state index in [0.29, 0.717) is 6.61 Å². The molecule has 0 saturated carbocycles. The first-order valence-electron chi connectivity index (χ1n) is 3.79. The summed E-state index contributed by atoms with van der Waals surface area (Å²) in [6.07, 6.45) is 0.0319. The van der Waals surface area contributed by atoms with E-state index in [1.165, 1.54) is 11.3 Å². The second-order valence-electron chi connectivity index (χ2n) is 2.61. The van der Waals surface area contributed by atoms with Crippen molar-refractivity contribution in [2.75, 3.05) is 7.11 Å². The van der Waals surface area contributed by atoms with E-state index in [0.717, 1.165) is 15.6 Å². The summed E-state index contributed by atoms with van der Waals surface area (Å²) < 4.78 is 4.91. The molecule has 13 heavy (non-hydrogen) atoms. The summed E-state index contributed by atoms with van der Waals surface area (Å²) >= 11 is 1.41. The summed E-state index contributed by atoms with van der Waals surface area (Å²) in [6, 6.07) is 0. The number of hydrogen-bond donors (Lipinski definition) is 1. The van der Waals surface area contributed by atoms with Crippen LogP contribution in [0.3, 0.4) is 0 Å². The third kappa shape index (κ3) is 2.78. The van der Waals surface area contributed by atoms with E-state index in [1.54, 1.807) is 7.11 Å². The van der Waals surface area contributed by atoms with Gasteiger partial charge in [-0.25, -0.2) is 4.98 Å². The van der Waals surface area contributed by atoms with Gasteiger partial charge in [-0.15, -0.1) is 11.3 Å². The van der Waals surface area contributed by atoms with E-state index in [9.17, 15) is 4.79 Å². The van der Waals surface area contributed by atoms with Gasteiger partial charge in [0.25, 0.3) is 0 Å². The van der Waals surface area contributed by atoms with E-state index < -0.39 is 5.97 Å². The fraction of sp³-hybridized carbons (Fsp3) is 0.500.